The Balaban J connectivity index is 0.000000623. The maximum absolute atomic E-state index is 13.0. The van der Waals surface area contributed by atoms with Crippen LogP contribution < -0.4 is 10.3 Å². The second-order valence-electron chi connectivity index (χ2n) is 11.2. The summed E-state index contributed by atoms with van der Waals surface area (Å²) in [6.07, 6.45) is 5.89. The number of pyridine rings is 3. The van der Waals surface area contributed by atoms with Gasteiger partial charge < -0.3 is 19.5 Å². The van der Waals surface area contributed by atoms with Crippen molar-refractivity contribution in [3.8, 4) is 16.9 Å². The molecule has 0 bridgehead atoms. The molecular formula is C33H33N3O5. The lowest BCUT2D eigenvalue weighted by Gasteiger charge is -2.22. The molecule has 0 saturated heterocycles. The van der Waals surface area contributed by atoms with Gasteiger partial charge in [-0.2, -0.15) is 0 Å². The molecule has 210 valence electrons. The number of carboxylic acid groups (broad SMARTS) is 1. The number of aliphatic carboxylic acids is 1. The van der Waals surface area contributed by atoms with E-state index in [1.807, 2.05) is 43.3 Å². The summed E-state index contributed by atoms with van der Waals surface area (Å²) in [5.74, 6) is -0.130. The van der Waals surface area contributed by atoms with Gasteiger partial charge in [0.2, 0.25) is 0 Å². The Kier molecular flexibility index (Phi) is 7.60. The molecule has 0 fully saturated rings. The van der Waals surface area contributed by atoms with Crippen molar-refractivity contribution < 1.29 is 19.7 Å². The number of nitrogens with zero attached hydrogens (tertiary/aromatic N) is 3. The molecule has 0 aliphatic carbocycles. The number of carbonyl (C=O) groups is 1. The van der Waals surface area contributed by atoms with E-state index in [2.05, 4.69) is 4.98 Å². The van der Waals surface area contributed by atoms with Gasteiger partial charge >= 0.3 is 5.97 Å². The maximum Gasteiger partial charge on any atom is 0.307 e. The predicted octanol–water partition coefficient (Wildman–Crippen LogP) is 5.31. The second kappa shape index (κ2) is 11.1. The van der Waals surface area contributed by atoms with E-state index in [-0.39, 0.29) is 12.0 Å². The molecule has 3 aromatic heterocycles. The van der Waals surface area contributed by atoms with Crippen LogP contribution in [0, 0.1) is 6.92 Å². The fraction of sp³-hybridized carbons (Fsp3) is 0.273. The van der Waals surface area contributed by atoms with Crippen LogP contribution in [0.1, 0.15) is 43.0 Å². The molecule has 0 saturated carbocycles. The summed E-state index contributed by atoms with van der Waals surface area (Å²) in [7, 11) is 0. The van der Waals surface area contributed by atoms with Gasteiger partial charge in [-0.1, -0.05) is 6.07 Å². The zero-order valence-corrected chi connectivity index (χ0v) is 23.6. The fourth-order valence-corrected chi connectivity index (χ4v) is 5.24. The van der Waals surface area contributed by atoms with E-state index in [9.17, 15) is 14.7 Å². The number of hydrogen-bond acceptors (Lipinski definition) is 6. The number of benzene rings is 2. The van der Waals surface area contributed by atoms with E-state index < -0.39 is 11.6 Å². The van der Waals surface area contributed by atoms with Crippen molar-refractivity contribution in [1.82, 2.24) is 14.5 Å². The Morgan fingerprint density at radius 1 is 1.10 bits per heavy atom. The highest BCUT2D eigenvalue weighted by Gasteiger charge is 2.23. The van der Waals surface area contributed by atoms with E-state index in [1.54, 1.807) is 56.1 Å². The summed E-state index contributed by atoms with van der Waals surface area (Å²) in [5.41, 5.74) is 6.08. The van der Waals surface area contributed by atoms with Crippen molar-refractivity contribution in [3.63, 3.8) is 0 Å². The van der Waals surface area contributed by atoms with Gasteiger partial charge in [-0.05, 0) is 91.9 Å². The van der Waals surface area contributed by atoms with Gasteiger partial charge in [-0.25, -0.2) is 0 Å². The average Bonchev–Trinajstić information content (AvgIpc) is 2.91. The van der Waals surface area contributed by atoms with Gasteiger partial charge in [-0.15, -0.1) is 0 Å². The molecule has 41 heavy (non-hydrogen) atoms. The summed E-state index contributed by atoms with van der Waals surface area (Å²) in [5, 5.41) is 20.1. The first-order chi connectivity index (χ1) is 19.5. The molecule has 8 heteroatoms. The molecule has 0 atom stereocenters. The Labute approximate surface area is 237 Å². The molecule has 8 nitrogen and oxygen atoms in total. The number of aliphatic hydroxyl groups is 1. The molecule has 4 heterocycles. The second-order valence-corrected chi connectivity index (χ2v) is 11.2. The van der Waals surface area contributed by atoms with Crippen LogP contribution in [0.2, 0.25) is 0 Å². The summed E-state index contributed by atoms with van der Waals surface area (Å²) in [6, 6.07) is 14.9. The van der Waals surface area contributed by atoms with Crippen LogP contribution in [0.3, 0.4) is 0 Å². The average molecular weight is 552 g/mol. The summed E-state index contributed by atoms with van der Waals surface area (Å²) < 4.78 is 7.63. The minimum absolute atomic E-state index is 0.133. The topological polar surface area (TPSA) is 115 Å². The van der Waals surface area contributed by atoms with Crippen LogP contribution in [0.25, 0.3) is 32.9 Å². The highest BCUT2D eigenvalue weighted by molar-refractivity contribution is 6.08. The zero-order valence-electron chi connectivity index (χ0n) is 23.6. The lowest BCUT2D eigenvalue weighted by molar-refractivity contribution is -0.136. The monoisotopic (exact) mass is 551 g/mol. The minimum Gasteiger partial charge on any atom is -0.493 e. The van der Waals surface area contributed by atoms with Gasteiger partial charge in [0.05, 0.1) is 36.2 Å². The number of aryl methyl sites for hydroxylation is 1. The van der Waals surface area contributed by atoms with Crippen LogP contribution in [0.4, 0.5) is 0 Å². The Hall–Kier alpha value is -4.56. The third-order valence-electron chi connectivity index (χ3n) is 6.86. The summed E-state index contributed by atoms with van der Waals surface area (Å²) in [6.45, 7) is 8.10. The predicted molar refractivity (Wildman–Crippen MR) is 160 cm³/mol. The molecular weight excluding hydrogens is 518 g/mol. The lowest BCUT2D eigenvalue weighted by Crippen LogP contribution is -2.21. The summed E-state index contributed by atoms with van der Waals surface area (Å²) >= 11 is 0. The zero-order chi connectivity index (χ0) is 29.3. The number of ether oxygens (including phenoxy) is 1. The van der Waals surface area contributed by atoms with Gasteiger partial charge in [0.15, 0.2) is 0 Å². The van der Waals surface area contributed by atoms with Crippen molar-refractivity contribution >= 4 is 27.8 Å². The standard InChI is InChI=1S/C29H23N3O4.C4H10O/c1-17-13-23-20(5-7-25(33)32(23)16-18-3-2-10-30-15-18)28(22(17)14-26(34)35)21-4-6-24-27-19(9-12-36-24)8-11-31-29(21)27;1-4(2,3)5/h2-8,10-11,13,15H,9,12,14,16H2,1H3,(H,34,35);5H,1-3H3. The van der Waals surface area contributed by atoms with Crippen LogP contribution in [0.5, 0.6) is 5.75 Å². The van der Waals surface area contributed by atoms with E-state index in [0.29, 0.717) is 18.7 Å². The number of aromatic nitrogens is 3. The maximum atomic E-state index is 13.0. The molecule has 1 aliphatic rings. The van der Waals surface area contributed by atoms with Crippen LogP contribution in [-0.4, -0.2) is 42.9 Å². The quantitative estimate of drug-likeness (QED) is 0.304. The third-order valence-corrected chi connectivity index (χ3v) is 6.86. The Bertz CT molecular complexity index is 1810. The molecule has 6 rings (SSSR count). The molecule has 2 N–H and O–H groups in total. The minimum atomic E-state index is -0.915. The smallest absolute Gasteiger partial charge is 0.307 e. The van der Waals surface area contributed by atoms with Gasteiger partial charge in [0.25, 0.3) is 5.56 Å². The van der Waals surface area contributed by atoms with Crippen LogP contribution >= 0.6 is 0 Å². The van der Waals surface area contributed by atoms with Gasteiger partial charge in [0.1, 0.15) is 5.75 Å². The molecule has 2 aromatic carbocycles. The first-order valence-corrected chi connectivity index (χ1v) is 13.5. The molecule has 0 amide bonds. The molecule has 0 spiro atoms. The van der Waals surface area contributed by atoms with Crippen molar-refractivity contribution in [1.29, 1.82) is 0 Å². The Morgan fingerprint density at radius 2 is 1.88 bits per heavy atom. The first kappa shape index (κ1) is 28.0. The molecule has 5 aromatic rings. The van der Waals surface area contributed by atoms with Crippen molar-refractivity contribution in [2.24, 2.45) is 0 Å². The van der Waals surface area contributed by atoms with E-state index in [1.165, 1.54) is 0 Å². The van der Waals surface area contributed by atoms with E-state index in [0.717, 1.165) is 61.8 Å². The van der Waals surface area contributed by atoms with Crippen molar-refractivity contribution in [3.05, 3.63) is 99.7 Å². The van der Waals surface area contributed by atoms with Crippen LogP contribution in [0.15, 0.2) is 71.9 Å². The SMILES string of the molecule is CC(C)(C)O.Cc1cc2c(ccc(=O)n2Cc2cccnc2)c(-c2ccc3c4c(ccnc24)CCO3)c1CC(=O)O. The van der Waals surface area contributed by atoms with E-state index >= 15 is 0 Å². The highest BCUT2D eigenvalue weighted by atomic mass is 16.5. The van der Waals surface area contributed by atoms with Crippen molar-refractivity contribution in [2.45, 2.75) is 52.7 Å². The van der Waals surface area contributed by atoms with E-state index in [4.69, 9.17) is 14.8 Å². The normalized spacial score (nSPS) is 12.5. The number of hydrogen-bond donors (Lipinski definition) is 2. The third kappa shape index (κ3) is 5.98. The lowest BCUT2D eigenvalue weighted by atomic mass is 9.87. The van der Waals surface area contributed by atoms with Crippen LogP contribution in [-0.2, 0) is 24.2 Å². The molecule has 1 aliphatic heterocycles. The van der Waals surface area contributed by atoms with Gasteiger partial charge in [0, 0.05) is 47.4 Å². The molecule has 0 radical (unpaired) electrons. The number of carboxylic acids is 1. The largest absolute Gasteiger partial charge is 0.493 e. The number of rotatable bonds is 5. The highest BCUT2D eigenvalue weighted by Crippen LogP contribution is 2.42. The fourth-order valence-electron chi connectivity index (χ4n) is 5.24. The Morgan fingerprint density at radius 3 is 2.59 bits per heavy atom. The van der Waals surface area contributed by atoms with Gasteiger partial charge in [-0.3, -0.25) is 19.6 Å². The number of fused-ring (bicyclic) bond motifs is 1. The first-order valence-electron chi connectivity index (χ1n) is 13.5. The van der Waals surface area contributed by atoms with Crippen molar-refractivity contribution in [2.75, 3.05) is 6.61 Å². The summed E-state index contributed by atoms with van der Waals surface area (Å²) in [4.78, 5) is 33.9. The molecule has 0 unspecified atom stereocenters.